The van der Waals surface area contributed by atoms with Crippen molar-refractivity contribution in [3.8, 4) is 11.5 Å². The Morgan fingerprint density at radius 2 is 1.94 bits per heavy atom. The Labute approximate surface area is 99.7 Å². The van der Waals surface area contributed by atoms with E-state index in [1.165, 1.54) is 18.2 Å². The number of benzene rings is 1. The van der Waals surface area contributed by atoms with Gasteiger partial charge in [-0.1, -0.05) is 0 Å². The molecule has 1 amide bonds. The Balaban J connectivity index is 2.44. The summed E-state index contributed by atoms with van der Waals surface area (Å²) in [6.45, 7) is 0.634. The number of aromatic hydroxyl groups is 2. The number of hydrogen-bond acceptors (Lipinski definition) is 4. The van der Waals surface area contributed by atoms with E-state index in [0.717, 1.165) is 12.8 Å². The smallest absolute Gasteiger partial charge is 0.255 e. The fraction of sp³-hybridized carbons (Fsp3) is 0.417. The first kappa shape index (κ1) is 13.3. The molecule has 0 aliphatic carbocycles. The molecule has 0 heterocycles. The van der Waals surface area contributed by atoms with E-state index in [4.69, 9.17) is 5.11 Å². The fourth-order valence-corrected chi connectivity index (χ4v) is 1.42. The average molecular weight is 239 g/mol. The van der Waals surface area contributed by atoms with Crippen LogP contribution in [-0.4, -0.2) is 34.4 Å². The molecule has 5 heteroatoms. The number of hydrogen-bond donors (Lipinski definition) is 4. The summed E-state index contributed by atoms with van der Waals surface area (Å²) in [6.07, 6.45) is 2.32. The standard InChI is InChI=1S/C12H17NO4/c14-7-3-1-2-6-13-12(17)10-8-9(15)4-5-11(10)16/h4-5,8,14-16H,1-3,6-7H2,(H,13,17). The lowest BCUT2D eigenvalue weighted by molar-refractivity contribution is 0.0950. The summed E-state index contributed by atoms with van der Waals surface area (Å²) in [5.41, 5.74) is 0.0622. The highest BCUT2D eigenvalue weighted by atomic mass is 16.3. The monoisotopic (exact) mass is 239 g/mol. The van der Waals surface area contributed by atoms with Crippen LogP contribution in [-0.2, 0) is 0 Å². The molecule has 0 unspecified atom stereocenters. The van der Waals surface area contributed by atoms with Gasteiger partial charge in [-0.25, -0.2) is 0 Å². The molecule has 1 aromatic rings. The molecule has 1 rings (SSSR count). The summed E-state index contributed by atoms with van der Waals surface area (Å²) in [4.78, 5) is 11.6. The second-order valence-corrected chi connectivity index (χ2v) is 3.74. The molecule has 0 aliphatic rings. The molecule has 0 bridgehead atoms. The molecule has 4 N–H and O–H groups in total. The summed E-state index contributed by atoms with van der Waals surface area (Å²) in [5.74, 6) is -0.633. The minimum absolute atomic E-state index is 0.0618. The van der Waals surface area contributed by atoms with Crippen molar-refractivity contribution < 1.29 is 20.1 Å². The molecule has 94 valence electrons. The van der Waals surface area contributed by atoms with E-state index in [2.05, 4.69) is 5.32 Å². The van der Waals surface area contributed by atoms with Crippen LogP contribution in [0.4, 0.5) is 0 Å². The minimum atomic E-state index is -0.414. The van der Waals surface area contributed by atoms with Crippen molar-refractivity contribution in [2.24, 2.45) is 0 Å². The van der Waals surface area contributed by atoms with Crippen molar-refractivity contribution in [2.75, 3.05) is 13.2 Å². The predicted octanol–water partition coefficient (Wildman–Crippen LogP) is 0.990. The molecule has 1 aromatic carbocycles. The Hall–Kier alpha value is -1.75. The van der Waals surface area contributed by atoms with Crippen molar-refractivity contribution >= 4 is 5.91 Å². The number of carbonyl (C=O) groups is 1. The zero-order valence-corrected chi connectivity index (χ0v) is 9.52. The zero-order chi connectivity index (χ0) is 12.7. The number of carbonyl (C=O) groups excluding carboxylic acids is 1. The van der Waals surface area contributed by atoms with Gasteiger partial charge in [0.05, 0.1) is 5.56 Å². The lowest BCUT2D eigenvalue weighted by Crippen LogP contribution is -2.24. The number of rotatable bonds is 6. The van der Waals surface area contributed by atoms with Crippen LogP contribution in [0.2, 0.25) is 0 Å². The van der Waals surface area contributed by atoms with Crippen molar-refractivity contribution in [3.05, 3.63) is 23.8 Å². The van der Waals surface area contributed by atoms with Crippen LogP contribution in [0.3, 0.4) is 0 Å². The Morgan fingerprint density at radius 1 is 1.18 bits per heavy atom. The molecule has 0 saturated carbocycles. The number of nitrogens with one attached hydrogen (secondary N) is 1. The third-order valence-electron chi connectivity index (χ3n) is 2.35. The molecular formula is C12H17NO4. The van der Waals surface area contributed by atoms with Crippen molar-refractivity contribution in [1.29, 1.82) is 0 Å². The first-order valence-corrected chi connectivity index (χ1v) is 5.56. The molecule has 0 aliphatic heterocycles. The van der Waals surface area contributed by atoms with Gasteiger partial charge in [-0.2, -0.15) is 0 Å². The van der Waals surface area contributed by atoms with Gasteiger partial charge in [0.2, 0.25) is 0 Å². The van der Waals surface area contributed by atoms with Crippen LogP contribution in [0.25, 0.3) is 0 Å². The van der Waals surface area contributed by atoms with E-state index in [0.29, 0.717) is 13.0 Å². The quantitative estimate of drug-likeness (QED) is 0.440. The third kappa shape index (κ3) is 4.32. The zero-order valence-electron chi connectivity index (χ0n) is 9.52. The molecule has 0 saturated heterocycles. The number of aliphatic hydroxyl groups excluding tert-OH is 1. The van der Waals surface area contributed by atoms with Gasteiger partial charge in [-0.3, -0.25) is 4.79 Å². The lowest BCUT2D eigenvalue weighted by atomic mass is 10.1. The molecular weight excluding hydrogens is 222 g/mol. The molecule has 0 aromatic heterocycles. The Morgan fingerprint density at radius 3 is 2.65 bits per heavy atom. The van der Waals surface area contributed by atoms with E-state index in [9.17, 15) is 15.0 Å². The molecule has 0 fully saturated rings. The number of amides is 1. The summed E-state index contributed by atoms with van der Waals surface area (Å²) in [6, 6.07) is 3.81. The lowest BCUT2D eigenvalue weighted by Gasteiger charge is -2.06. The SMILES string of the molecule is O=C(NCCCCCO)c1cc(O)ccc1O. The number of phenolic OH excluding ortho intramolecular Hbond substituents is 2. The summed E-state index contributed by atoms with van der Waals surface area (Å²) >= 11 is 0. The van der Waals surface area contributed by atoms with Gasteiger partial charge in [-0.05, 0) is 37.5 Å². The van der Waals surface area contributed by atoms with Crippen molar-refractivity contribution in [1.82, 2.24) is 5.32 Å². The van der Waals surface area contributed by atoms with Gasteiger partial charge in [0, 0.05) is 13.2 Å². The van der Waals surface area contributed by atoms with Crippen LogP contribution in [0.1, 0.15) is 29.6 Å². The number of phenols is 2. The second kappa shape index (κ2) is 6.75. The first-order valence-electron chi connectivity index (χ1n) is 5.56. The predicted molar refractivity (Wildman–Crippen MR) is 63.0 cm³/mol. The maximum Gasteiger partial charge on any atom is 0.255 e. The van der Waals surface area contributed by atoms with E-state index in [1.807, 2.05) is 0 Å². The maximum atomic E-state index is 11.6. The average Bonchev–Trinajstić information content (AvgIpc) is 2.32. The Bertz CT molecular complexity index is 379. The van der Waals surface area contributed by atoms with Crippen LogP contribution >= 0.6 is 0 Å². The topological polar surface area (TPSA) is 89.8 Å². The van der Waals surface area contributed by atoms with Crippen LogP contribution < -0.4 is 5.32 Å². The molecule has 17 heavy (non-hydrogen) atoms. The van der Waals surface area contributed by atoms with Gasteiger partial charge in [0.25, 0.3) is 5.91 Å². The van der Waals surface area contributed by atoms with Crippen LogP contribution in [0.5, 0.6) is 11.5 Å². The van der Waals surface area contributed by atoms with Crippen LogP contribution in [0.15, 0.2) is 18.2 Å². The normalized spacial score (nSPS) is 10.2. The van der Waals surface area contributed by atoms with E-state index in [-0.39, 0.29) is 23.7 Å². The summed E-state index contributed by atoms with van der Waals surface area (Å²) in [5, 5.41) is 29.9. The maximum absolute atomic E-state index is 11.6. The van der Waals surface area contributed by atoms with Crippen LogP contribution in [0, 0.1) is 0 Å². The summed E-state index contributed by atoms with van der Waals surface area (Å²) in [7, 11) is 0. The molecule has 0 atom stereocenters. The van der Waals surface area contributed by atoms with Gasteiger partial charge < -0.3 is 20.6 Å². The summed E-state index contributed by atoms with van der Waals surface area (Å²) < 4.78 is 0. The minimum Gasteiger partial charge on any atom is -0.508 e. The Kier molecular flexibility index (Phi) is 5.29. The highest BCUT2D eigenvalue weighted by Crippen LogP contribution is 2.21. The highest BCUT2D eigenvalue weighted by molar-refractivity contribution is 5.97. The van der Waals surface area contributed by atoms with Gasteiger partial charge in [0.1, 0.15) is 11.5 Å². The third-order valence-corrected chi connectivity index (χ3v) is 2.35. The van der Waals surface area contributed by atoms with E-state index >= 15 is 0 Å². The molecule has 0 radical (unpaired) electrons. The fourth-order valence-electron chi connectivity index (χ4n) is 1.42. The van der Waals surface area contributed by atoms with E-state index in [1.54, 1.807) is 0 Å². The molecule has 0 spiro atoms. The first-order chi connectivity index (χ1) is 8.15. The van der Waals surface area contributed by atoms with Gasteiger partial charge in [-0.15, -0.1) is 0 Å². The van der Waals surface area contributed by atoms with Gasteiger partial charge in [0.15, 0.2) is 0 Å². The van der Waals surface area contributed by atoms with E-state index < -0.39 is 5.91 Å². The highest BCUT2D eigenvalue weighted by Gasteiger charge is 2.10. The number of aliphatic hydroxyl groups is 1. The second-order valence-electron chi connectivity index (χ2n) is 3.74. The van der Waals surface area contributed by atoms with Gasteiger partial charge >= 0.3 is 0 Å². The van der Waals surface area contributed by atoms with Crippen molar-refractivity contribution in [2.45, 2.75) is 19.3 Å². The largest absolute Gasteiger partial charge is 0.508 e. The number of unbranched alkanes of at least 4 members (excludes halogenated alkanes) is 2. The van der Waals surface area contributed by atoms with Crippen molar-refractivity contribution in [3.63, 3.8) is 0 Å². The molecule has 5 nitrogen and oxygen atoms in total.